The third kappa shape index (κ3) is 4.50. The highest BCUT2D eigenvalue weighted by Gasteiger charge is 2.24. The number of hydrogen-bond acceptors (Lipinski definition) is 5. The van der Waals surface area contributed by atoms with E-state index in [1.54, 1.807) is 26.0 Å². The molecule has 2 aromatic rings. The second kappa shape index (κ2) is 8.65. The lowest BCUT2D eigenvalue weighted by atomic mass is 10.1. The van der Waals surface area contributed by atoms with Crippen molar-refractivity contribution in [1.29, 1.82) is 0 Å². The van der Waals surface area contributed by atoms with E-state index < -0.39 is 12.1 Å². The first-order valence-corrected chi connectivity index (χ1v) is 10.5. The molecule has 4 rings (SSSR count). The van der Waals surface area contributed by atoms with Crippen LogP contribution < -0.4 is 25.6 Å². The molecule has 0 unspecified atom stereocenters. The third-order valence-electron chi connectivity index (χ3n) is 5.54. The van der Waals surface area contributed by atoms with E-state index in [9.17, 15) is 9.59 Å². The Morgan fingerprint density at radius 2 is 1.80 bits per heavy atom. The summed E-state index contributed by atoms with van der Waals surface area (Å²) in [5.41, 5.74) is 3.31. The lowest BCUT2D eigenvalue weighted by Gasteiger charge is -2.29. The first-order chi connectivity index (χ1) is 14.5. The van der Waals surface area contributed by atoms with Gasteiger partial charge in [0.1, 0.15) is 11.8 Å². The topological polar surface area (TPSA) is 82.7 Å². The summed E-state index contributed by atoms with van der Waals surface area (Å²) in [6.07, 6.45) is 3.26. The number of carbonyl (C=O) groups is 2. The number of fused-ring (bicyclic) bond motifs is 1. The van der Waals surface area contributed by atoms with Crippen molar-refractivity contribution in [3.8, 4) is 5.75 Å². The van der Waals surface area contributed by atoms with Crippen LogP contribution in [0.4, 0.5) is 22.7 Å². The number of ether oxygens (including phenoxy) is 1. The van der Waals surface area contributed by atoms with E-state index in [2.05, 4.69) is 33.0 Å². The second-order valence-corrected chi connectivity index (χ2v) is 7.91. The maximum Gasteiger partial charge on any atom is 0.265 e. The molecular formula is C23H28N4O3. The molecule has 2 atom stereocenters. The number of anilines is 4. The van der Waals surface area contributed by atoms with E-state index in [1.165, 1.54) is 24.9 Å². The van der Waals surface area contributed by atoms with Crippen LogP contribution >= 0.6 is 0 Å². The summed E-state index contributed by atoms with van der Waals surface area (Å²) >= 11 is 0. The van der Waals surface area contributed by atoms with Crippen molar-refractivity contribution >= 4 is 34.6 Å². The number of carbonyl (C=O) groups excluding carboxylic acids is 2. The molecule has 1 saturated heterocycles. The highest BCUT2D eigenvalue weighted by atomic mass is 16.5. The monoisotopic (exact) mass is 408 g/mol. The van der Waals surface area contributed by atoms with Gasteiger partial charge in [-0.1, -0.05) is 0 Å². The zero-order valence-corrected chi connectivity index (χ0v) is 17.4. The summed E-state index contributed by atoms with van der Waals surface area (Å²) in [5, 5.41) is 8.94. The maximum absolute atomic E-state index is 12.6. The van der Waals surface area contributed by atoms with Crippen molar-refractivity contribution in [3.05, 3.63) is 42.5 Å². The molecule has 3 N–H and O–H groups in total. The molecule has 0 bridgehead atoms. The van der Waals surface area contributed by atoms with Gasteiger partial charge in [-0.3, -0.25) is 9.59 Å². The maximum atomic E-state index is 12.6. The van der Waals surface area contributed by atoms with Crippen LogP contribution in [0, 0.1) is 0 Å². The standard InChI is InChI=1S/C23H28N4O3/c1-15(24-18-8-11-21-20(14-18)26-23(29)16(2)30-21)22(28)25-17-6-9-19(10-7-17)27-12-4-3-5-13-27/h6-11,14-16,24H,3-5,12-13H2,1-2H3,(H,25,28)(H,26,29)/t15-,16+/m0/s1. The van der Waals surface area contributed by atoms with Gasteiger partial charge in [-0.05, 0) is 75.6 Å². The van der Waals surface area contributed by atoms with Gasteiger partial charge in [-0.15, -0.1) is 0 Å². The van der Waals surface area contributed by atoms with Gasteiger partial charge in [0.25, 0.3) is 5.91 Å². The Balaban J connectivity index is 1.35. The zero-order valence-electron chi connectivity index (χ0n) is 17.4. The molecule has 1 fully saturated rings. The fourth-order valence-corrected chi connectivity index (χ4v) is 3.77. The molecule has 0 saturated carbocycles. The number of rotatable bonds is 5. The van der Waals surface area contributed by atoms with Gasteiger partial charge in [-0.2, -0.15) is 0 Å². The van der Waals surface area contributed by atoms with E-state index in [1.807, 2.05) is 18.2 Å². The van der Waals surface area contributed by atoms with Gasteiger partial charge in [0.05, 0.1) is 5.69 Å². The number of nitrogens with zero attached hydrogens (tertiary/aromatic N) is 1. The van der Waals surface area contributed by atoms with Crippen LogP contribution in [0.1, 0.15) is 33.1 Å². The predicted molar refractivity (Wildman–Crippen MR) is 119 cm³/mol. The molecule has 7 heteroatoms. The normalized spacial score (nSPS) is 19.2. The van der Waals surface area contributed by atoms with Crippen LogP contribution in [0.3, 0.4) is 0 Å². The lowest BCUT2D eigenvalue weighted by molar-refractivity contribution is -0.122. The van der Waals surface area contributed by atoms with E-state index in [4.69, 9.17) is 4.74 Å². The average Bonchev–Trinajstić information content (AvgIpc) is 2.76. The molecule has 2 amide bonds. The zero-order chi connectivity index (χ0) is 21.1. The van der Waals surface area contributed by atoms with Gasteiger partial charge in [0.15, 0.2) is 6.10 Å². The Kier molecular flexibility index (Phi) is 5.79. The predicted octanol–water partition coefficient (Wildman–Crippen LogP) is 3.84. The molecule has 7 nitrogen and oxygen atoms in total. The second-order valence-electron chi connectivity index (χ2n) is 7.91. The van der Waals surface area contributed by atoms with Gasteiger partial charge in [-0.25, -0.2) is 0 Å². The van der Waals surface area contributed by atoms with Crippen LogP contribution in [-0.2, 0) is 9.59 Å². The summed E-state index contributed by atoms with van der Waals surface area (Å²) < 4.78 is 5.56. The number of nitrogens with one attached hydrogen (secondary N) is 3. The summed E-state index contributed by atoms with van der Waals surface area (Å²) in [7, 11) is 0. The van der Waals surface area contributed by atoms with Crippen LogP contribution in [-0.4, -0.2) is 37.0 Å². The van der Waals surface area contributed by atoms with Crippen molar-refractivity contribution in [2.75, 3.05) is 33.9 Å². The molecule has 0 spiro atoms. The largest absolute Gasteiger partial charge is 0.479 e. The number of benzene rings is 2. The summed E-state index contributed by atoms with van der Waals surface area (Å²) in [4.78, 5) is 26.8. The molecule has 0 aliphatic carbocycles. The van der Waals surface area contributed by atoms with Crippen LogP contribution in [0.2, 0.25) is 0 Å². The van der Waals surface area contributed by atoms with E-state index in [-0.39, 0.29) is 11.8 Å². The summed E-state index contributed by atoms with van der Waals surface area (Å²) in [6, 6.07) is 13.0. The van der Waals surface area contributed by atoms with Crippen LogP contribution in [0.5, 0.6) is 5.75 Å². The Morgan fingerprint density at radius 3 is 2.53 bits per heavy atom. The van der Waals surface area contributed by atoms with Gasteiger partial charge < -0.3 is 25.6 Å². The fourth-order valence-electron chi connectivity index (χ4n) is 3.77. The fraction of sp³-hybridized carbons (Fsp3) is 0.391. The minimum atomic E-state index is -0.512. The SMILES string of the molecule is C[C@H](Nc1ccc2c(c1)NC(=O)[C@@H](C)O2)C(=O)Nc1ccc(N2CCCCC2)cc1. The Hall–Kier alpha value is -3.22. The molecule has 0 aromatic heterocycles. The van der Waals surface area contributed by atoms with Crippen LogP contribution in [0.25, 0.3) is 0 Å². The molecule has 0 radical (unpaired) electrons. The third-order valence-corrected chi connectivity index (χ3v) is 5.54. The summed E-state index contributed by atoms with van der Waals surface area (Å²) in [5.74, 6) is 0.310. The van der Waals surface area contributed by atoms with Gasteiger partial charge in [0.2, 0.25) is 5.91 Å². The van der Waals surface area contributed by atoms with Crippen molar-refractivity contribution in [1.82, 2.24) is 0 Å². The summed E-state index contributed by atoms with van der Waals surface area (Å²) in [6.45, 7) is 5.69. The average molecular weight is 409 g/mol. The van der Waals surface area contributed by atoms with Crippen molar-refractivity contribution in [3.63, 3.8) is 0 Å². The molecular weight excluding hydrogens is 380 g/mol. The first-order valence-electron chi connectivity index (χ1n) is 10.5. The first kappa shape index (κ1) is 20.1. The molecule has 2 aliphatic rings. The Morgan fingerprint density at radius 1 is 1.10 bits per heavy atom. The van der Waals surface area contributed by atoms with Gasteiger partial charge >= 0.3 is 0 Å². The number of amides is 2. The minimum Gasteiger partial charge on any atom is -0.479 e. The number of hydrogen-bond donors (Lipinski definition) is 3. The van der Waals surface area contributed by atoms with Gasteiger partial charge in [0, 0.05) is 30.2 Å². The molecule has 30 heavy (non-hydrogen) atoms. The molecule has 158 valence electrons. The quantitative estimate of drug-likeness (QED) is 0.700. The van der Waals surface area contributed by atoms with E-state index >= 15 is 0 Å². The van der Waals surface area contributed by atoms with Crippen molar-refractivity contribution < 1.29 is 14.3 Å². The highest BCUT2D eigenvalue weighted by molar-refractivity contribution is 5.99. The van der Waals surface area contributed by atoms with E-state index in [0.29, 0.717) is 11.4 Å². The Bertz CT molecular complexity index is 923. The molecule has 2 aliphatic heterocycles. The smallest absolute Gasteiger partial charge is 0.265 e. The van der Waals surface area contributed by atoms with Crippen LogP contribution in [0.15, 0.2) is 42.5 Å². The number of piperidine rings is 1. The van der Waals surface area contributed by atoms with Crippen molar-refractivity contribution in [2.45, 2.75) is 45.3 Å². The van der Waals surface area contributed by atoms with Crippen molar-refractivity contribution in [2.24, 2.45) is 0 Å². The molecule has 2 heterocycles. The Labute approximate surface area is 176 Å². The highest BCUT2D eigenvalue weighted by Crippen LogP contribution is 2.32. The van der Waals surface area contributed by atoms with E-state index in [0.717, 1.165) is 24.5 Å². The minimum absolute atomic E-state index is 0.132. The molecule has 2 aromatic carbocycles. The lowest BCUT2D eigenvalue weighted by Crippen LogP contribution is -2.34.